The average Bonchev–Trinajstić information content (AvgIpc) is 2.66. The molecule has 3 heteroatoms. The molecule has 0 bridgehead atoms. The van der Waals surface area contributed by atoms with Gasteiger partial charge in [0.25, 0.3) is 0 Å². The minimum atomic E-state index is 0.185. The van der Waals surface area contributed by atoms with E-state index in [1.54, 1.807) is 11.1 Å². The Hall–Kier alpha value is -1.84. The van der Waals surface area contributed by atoms with Gasteiger partial charge in [-0.25, -0.2) is 0 Å². The highest BCUT2D eigenvalue weighted by atomic mass is 16.3. The van der Waals surface area contributed by atoms with E-state index in [2.05, 4.69) is 59.6 Å². The van der Waals surface area contributed by atoms with E-state index in [-0.39, 0.29) is 6.61 Å². The van der Waals surface area contributed by atoms with Crippen molar-refractivity contribution in [2.24, 2.45) is 0 Å². The van der Waals surface area contributed by atoms with Gasteiger partial charge in [-0.05, 0) is 61.9 Å². The Labute approximate surface area is 151 Å². The van der Waals surface area contributed by atoms with E-state index >= 15 is 0 Å². The van der Waals surface area contributed by atoms with Crippen molar-refractivity contribution < 1.29 is 10.4 Å². The smallest absolute Gasteiger partial charge is 0.109 e. The number of aliphatic hydroxyl groups excluding tert-OH is 1. The summed E-state index contributed by atoms with van der Waals surface area (Å²) in [5.74, 6) is 0. The highest BCUT2D eigenvalue weighted by Gasteiger charge is 2.14. The number of hydrogen-bond acceptors (Lipinski definition) is 2. The zero-order valence-electron chi connectivity index (χ0n) is 15.5. The van der Waals surface area contributed by atoms with E-state index in [0.29, 0.717) is 12.6 Å². The summed E-state index contributed by atoms with van der Waals surface area (Å²) in [7, 11) is 2.01. The van der Waals surface area contributed by atoms with Crippen LogP contribution in [0.2, 0.25) is 0 Å². The molecule has 0 aliphatic heterocycles. The minimum Gasteiger partial charge on any atom is -0.395 e. The van der Waals surface area contributed by atoms with Crippen LogP contribution in [-0.2, 0) is 19.4 Å². The van der Waals surface area contributed by atoms with E-state index < -0.39 is 0 Å². The van der Waals surface area contributed by atoms with Crippen molar-refractivity contribution in [1.82, 2.24) is 0 Å². The van der Waals surface area contributed by atoms with Gasteiger partial charge < -0.3 is 15.3 Å². The van der Waals surface area contributed by atoms with E-state index in [1.165, 1.54) is 36.8 Å². The first-order chi connectivity index (χ1) is 12.2. The quantitative estimate of drug-likeness (QED) is 0.814. The Morgan fingerprint density at radius 2 is 1.76 bits per heavy atom. The highest BCUT2D eigenvalue weighted by Crippen LogP contribution is 2.23. The SMILES string of the molecule is C[C@H]([NH2+]Cc1ccc(N(C)CCO)cc1)c1ccc2c(c1)CCCC2. The van der Waals surface area contributed by atoms with Crippen molar-refractivity contribution in [3.05, 3.63) is 64.7 Å². The van der Waals surface area contributed by atoms with Crippen molar-refractivity contribution in [3.63, 3.8) is 0 Å². The number of rotatable bonds is 7. The topological polar surface area (TPSA) is 40.1 Å². The lowest BCUT2D eigenvalue weighted by Gasteiger charge is -2.19. The lowest BCUT2D eigenvalue weighted by atomic mass is 9.89. The van der Waals surface area contributed by atoms with Gasteiger partial charge in [0, 0.05) is 30.4 Å². The molecule has 2 aromatic rings. The lowest BCUT2D eigenvalue weighted by molar-refractivity contribution is -0.707. The summed E-state index contributed by atoms with van der Waals surface area (Å²) >= 11 is 0. The van der Waals surface area contributed by atoms with E-state index in [0.717, 1.165) is 12.2 Å². The average molecular weight is 340 g/mol. The number of aryl methyl sites for hydroxylation is 2. The van der Waals surface area contributed by atoms with Crippen LogP contribution in [0.15, 0.2) is 42.5 Å². The summed E-state index contributed by atoms with van der Waals surface area (Å²) in [5, 5.41) is 11.4. The third kappa shape index (κ3) is 4.62. The molecule has 3 nitrogen and oxygen atoms in total. The Balaban J connectivity index is 1.57. The van der Waals surface area contributed by atoms with Gasteiger partial charge in [0.1, 0.15) is 12.6 Å². The predicted molar refractivity (Wildman–Crippen MR) is 104 cm³/mol. The van der Waals surface area contributed by atoms with Crippen LogP contribution in [0.1, 0.15) is 48.1 Å². The first kappa shape index (κ1) is 18.0. The molecule has 0 unspecified atom stereocenters. The summed E-state index contributed by atoms with van der Waals surface area (Å²) in [6, 6.07) is 16.2. The summed E-state index contributed by atoms with van der Waals surface area (Å²) in [6.45, 7) is 4.14. The molecule has 25 heavy (non-hydrogen) atoms. The van der Waals surface area contributed by atoms with Crippen LogP contribution >= 0.6 is 0 Å². The zero-order chi connectivity index (χ0) is 17.6. The molecule has 0 amide bonds. The van der Waals surface area contributed by atoms with Crippen molar-refractivity contribution >= 4 is 5.69 Å². The monoisotopic (exact) mass is 339 g/mol. The molecule has 0 spiro atoms. The lowest BCUT2D eigenvalue weighted by Crippen LogP contribution is -2.83. The molecular formula is C22H31N2O+. The predicted octanol–water partition coefficient (Wildman–Crippen LogP) is 2.82. The molecule has 1 atom stereocenters. The summed E-state index contributed by atoms with van der Waals surface area (Å²) < 4.78 is 0. The molecule has 2 aromatic carbocycles. The van der Waals surface area contributed by atoms with Crippen molar-refractivity contribution in [1.29, 1.82) is 0 Å². The number of aliphatic hydroxyl groups is 1. The van der Waals surface area contributed by atoms with Gasteiger partial charge in [-0.1, -0.05) is 24.3 Å². The molecule has 3 N–H and O–H groups in total. The van der Waals surface area contributed by atoms with E-state index in [4.69, 9.17) is 5.11 Å². The Bertz CT molecular complexity index is 681. The van der Waals surface area contributed by atoms with Gasteiger partial charge in [-0.15, -0.1) is 0 Å². The Morgan fingerprint density at radius 1 is 1.04 bits per heavy atom. The van der Waals surface area contributed by atoms with Crippen LogP contribution in [0.3, 0.4) is 0 Å². The van der Waals surface area contributed by atoms with Gasteiger partial charge >= 0.3 is 0 Å². The van der Waals surface area contributed by atoms with Gasteiger partial charge in [0.05, 0.1) is 6.61 Å². The van der Waals surface area contributed by atoms with Crippen LogP contribution in [-0.4, -0.2) is 25.3 Å². The van der Waals surface area contributed by atoms with E-state index in [9.17, 15) is 0 Å². The second-order valence-corrected chi connectivity index (χ2v) is 7.28. The van der Waals surface area contributed by atoms with E-state index in [1.807, 2.05) is 7.05 Å². The fourth-order valence-corrected chi connectivity index (χ4v) is 3.65. The molecule has 134 valence electrons. The first-order valence-electron chi connectivity index (χ1n) is 9.53. The van der Waals surface area contributed by atoms with Gasteiger partial charge in [-0.3, -0.25) is 0 Å². The number of quaternary nitrogens is 1. The molecule has 0 saturated heterocycles. The number of benzene rings is 2. The molecule has 0 radical (unpaired) electrons. The third-order valence-electron chi connectivity index (χ3n) is 5.42. The molecule has 1 aliphatic carbocycles. The molecule has 1 aliphatic rings. The van der Waals surface area contributed by atoms with Crippen molar-refractivity contribution in [2.45, 2.75) is 45.2 Å². The number of nitrogens with zero attached hydrogens (tertiary/aromatic N) is 1. The van der Waals surface area contributed by atoms with Crippen molar-refractivity contribution in [2.75, 3.05) is 25.1 Å². The molecule has 0 saturated carbocycles. The molecule has 0 aromatic heterocycles. The maximum absolute atomic E-state index is 9.03. The maximum Gasteiger partial charge on any atom is 0.109 e. The normalized spacial score (nSPS) is 14.8. The Morgan fingerprint density at radius 3 is 2.48 bits per heavy atom. The van der Waals surface area contributed by atoms with Crippen molar-refractivity contribution in [3.8, 4) is 0 Å². The number of nitrogens with two attached hydrogens (primary N) is 1. The van der Waals surface area contributed by atoms with Crippen LogP contribution in [0, 0.1) is 0 Å². The summed E-state index contributed by atoms with van der Waals surface area (Å²) in [4.78, 5) is 2.07. The largest absolute Gasteiger partial charge is 0.395 e. The number of fused-ring (bicyclic) bond motifs is 1. The summed E-state index contributed by atoms with van der Waals surface area (Å²) in [5.41, 5.74) is 7.07. The minimum absolute atomic E-state index is 0.185. The number of anilines is 1. The maximum atomic E-state index is 9.03. The van der Waals surface area contributed by atoms with Crippen LogP contribution in [0.5, 0.6) is 0 Å². The van der Waals surface area contributed by atoms with Gasteiger partial charge in [0.2, 0.25) is 0 Å². The van der Waals surface area contributed by atoms with Crippen LogP contribution < -0.4 is 10.2 Å². The number of hydrogen-bond donors (Lipinski definition) is 2. The molecule has 0 heterocycles. The molecular weight excluding hydrogens is 308 g/mol. The Kier molecular flexibility index (Phi) is 6.11. The fourth-order valence-electron chi connectivity index (χ4n) is 3.65. The second kappa shape index (κ2) is 8.50. The van der Waals surface area contributed by atoms with Gasteiger partial charge in [0.15, 0.2) is 0 Å². The van der Waals surface area contributed by atoms with Gasteiger partial charge in [-0.2, -0.15) is 0 Å². The fraction of sp³-hybridized carbons (Fsp3) is 0.455. The van der Waals surface area contributed by atoms with Crippen LogP contribution in [0.25, 0.3) is 0 Å². The first-order valence-corrected chi connectivity index (χ1v) is 9.53. The zero-order valence-corrected chi connectivity index (χ0v) is 15.5. The second-order valence-electron chi connectivity index (χ2n) is 7.28. The summed E-state index contributed by atoms with van der Waals surface area (Å²) in [6.07, 6.45) is 5.19. The van der Waals surface area contributed by atoms with Crippen LogP contribution in [0.4, 0.5) is 5.69 Å². The highest BCUT2D eigenvalue weighted by molar-refractivity contribution is 5.46. The number of likely N-dealkylation sites (N-methyl/N-ethyl adjacent to an activating group) is 1. The standard InChI is InChI=1S/C22H30N2O/c1-17(20-10-9-19-5-3-4-6-21(19)15-20)23-16-18-7-11-22(12-8-18)24(2)13-14-25/h7-12,15,17,23,25H,3-6,13-14,16H2,1-2H3/p+1/t17-/m0/s1. The molecule has 0 fully saturated rings. The third-order valence-corrected chi connectivity index (χ3v) is 5.42. The molecule has 3 rings (SSSR count).